The smallest absolute Gasteiger partial charge is 0.227 e. The number of carbonyl (C=O) groups is 1. The number of likely N-dealkylation sites (tertiary alicyclic amines) is 1. The van der Waals surface area contributed by atoms with Crippen LogP contribution in [-0.2, 0) is 11.2 Å². The van der Waals surface area contributed by atoms with Crippen molar-refractivity contribution in [3.8, 4) is 0 Å². The van der Waals surface area contributed by atoms with Crippen LogP contribution in [0.5, 0.6) is 0 Å². The molecule has 1 amide bonds. The van der Waals surface area contributed by atoms with Crippen molar-refractivity contribution < 1.29 is 9.90 Å². The molecule has 2 unspecified atom stereocenters. The van der Waals surface area contributed by atoms with E-state index in [2.05, 4.69) is 0 Å². The van der Waals surface area contributed by atoms with E-state index in [1.165, 1.54) is 0 Å². The molecule has 1 aromatic carbocycles. The quantitative estimate of drug-likeness (QED) is 0.865. The number of hydrogen-bond acceptors (Lipinski definition) is 2. The van der Waals surface area contributed by atoms with Crippen LogP contribution < -0.4 is 0 Å². The molecule has 1 saturated heterocycles. The number of rotatable bonds is 2. The van der Waals surface area contributed by atoms with Gasteiger partial charge in [0.25, 0.3) is 0 Å². The zero-order valence-corrected chi connectivity index (χ0v) is 11.1. The molecule has 0 saturated carbocycles. The average Bonchev–Trinajstić information content (AvgIpc) is 2.35. The largest absolute Gasteiger partial charge is 0.393 e. The summed E-state index contributed by atoms with van der Waals surface area (Å²) in [6.07, 6.45) is 0.906. The van der Waals surface area contributed by atoms with E-state index in [1.54, 1.807) is 0 Å². The van der Waals surface area contributed by atoms with Crippen molar-refractivity contribution in [3.63, 3.8) is 0 Å². The second-order valence-corrected chi connectivity index (χ2v) is 5.28. The summed E-state index contributed by atoms with van der Waals surface area (Å²) >= 11 is 0. The Labute approximate surface area is 108 Å². The van der Waals surface area contributed by atoms with E-state index < -0.39 is 0 Å². The highest BCUT2D eigenvalue weighted by molar-refractivity contribution is 5.79. The van der Waals surface area contributed by atoms with Crippen LogP contribution >= 0.6 is 0 Å². The molecule has 2 rings (SSSR count). The predicted molar refractivity (Wildman–Crippen MR) is 71.3 cm³/mol. The minimum absolute atomic E-state index is 0.169. The molecule has 1 N–H and O–H groups in total. The predicted octanol–water partition coefficient (Wildman–Crippen LogP) is 1.77. The van der Waals surface area contributed by atoms with Crippen molar-refractivity contribution in [1.82, 2.24) is 4.90 Å². The topological polar surface area (TPSA) is 40.5 Å². The zero-order valence-electron chi connectivity index (χ0n) is 11.1. The number of carbonyl (C=O) groups excluding carboxylic acids is 1. The molecular formula is C15H21NO2. The van der Waals surface area contributed by atoms with Crippen LogP contribution in [0.25, 0.3) is 0 Å². The van der Waals surface area contributed by atoms with Crippen LogP contribution in [-0.4, -0.2) is 35.1 Å². The van der Waals surface area contributed by atoms with Crippen LogP contribution in [0.3, 0.4) is 0 Å². The highest BCUT2D eigenvalue weighted by Crippen LogP contribution is 2.18. The highest BCUT2D eigenvalue weighted by atomic mass is 16.3. The van der Waals surface area contributed by atoms with E-state index in [0.29, 0.717) is 25.9 Å². The van der Waals surface area contributed by atoms with Gasteiger partial charge in [0.2, 0.25) is 5.91 Å². The Kier molecular flexibility index (Phi) is 4.02. The zero-order chi connectivity index (χ0) is 13.1. The maximum Gasteiger partial charge on any atom is 0.227 e. The molecule has 1 heterocycles. The van der Waals surface area contributed by atoms with Gasteiger partial charge in [-0.1, -0.05) is 31.2 Å². The van der Waals surface area contributed by atoms with E-state index in [4.69, 9.17) is 0 Å². The first-order chi connectivity index (χ1) is 8.58. The van der Waals surface area contributed by atoms with Gasteiger partial charge in [0.05, 0.1) is 12.5 Å². The Balaban J connectivity index is 1.99. The fourth-order valence-electron chi connectivity index (χ4n) is 2.44. The molecule has 3 nitrogen and oxygen atoms in total. The number of amides is 1. The van der Waals surface area contributed by atoms with E-state index in [-0.39, 0.29) is 17.9 Å². The monoisotopic (exact) mass is 247 g/mol. The van der Waals surface area contributed by atoms with E-state index in [9.17, 15) is 9.90 Å². The van der Waals surface area contributed by atoms with Gasteiger partial charge in [-0.2, -0.15) is 0 Å². The van der Waals surface area contributed by atoms with Gasteiger partial charge in [-0.25, -0.2) is 0 Å². The Bertz CT molecular complexity index is 430. The molecule has 0 aromatic heterocycles. The fourth-order valence-corrected chi connectivity index (χ4v) is 2.44. The second kappa shape index (κ2) is 5.53. The van der Waals surface area contributed by atoms with Crippen molar-refractivity contribution >= 4 is 5.91 Å². The van der Waals surface area contributed by atoms with Crippen molar-refractivity contribution in [2.24, 2.45) is 5.92 Å². The molecule has 1 aliphatic rings. The maximum atomic E-state index is 12.2. The molecule has 0 radical (unpaired) electrons. The van der Waals surface area contributed by atoms with Gasteiger partial charge in [0.1, 0.15) is 0 Å². The number of nitrogens with zero attached hydrogens (tertiary/aromatic N) is 1. The molecule has 1 fully saturated rings. The number of hydrogen-bond donors (Lipinski definition) is 1. The van der Waals surface area contributed by atoms with E-state index in [0.717, 1.165) is 11.1 Å². The number of benzene rings is 1. The lowest BCUT2D eigenvalue weighted by atomic mass is 9.96. The van der Waals surface area contributed by atoms with Gasteiger partial charge < -0.3 is 10.0 Å². The molecule has 0 bridgehead atoms. The van der Waals surface area contributed by atoms with Crippen molar-refractivity contribution in [3.05, 3.63) is 35.4 Å². The van der Waals surface area contributed by atoms with Crippen LogP contribution in [0, 0.1) is 12.8 Å². The lowest BCUT2D eigenvalue weighted by Crippen LogP contribution is -2.45. The highest BCUT2D eigenvalue weighted by Gasteiger charge is 2.27. The first-order valence-electron chi connectivity index (χ1n) is 6.58. The molecular weight excluding hydrogens is 226 g/mol. The summed E-state index contributed by atoms with van der Waals surface area (Å²) in [5, 5.41) is 9.67. The van der Waals surface area contributed by atoms with Crippen molar-refractivity contribution in [1.29, 1.82) is 0 Å². The Hall–Kier alpha value is -1.35. The summed E-state index contributed by atoms with van der Waals surface area (Å²) in [6.45, 7) is 5.38. The van der Waals surface area contributed by atoms with E-state index >= 15 is 0 Å². The summed E-state index contributed by atoms with van der Waals surface area (Å²) in [4.78, 5) is 14.1. The van der Waals surface area contributed by atoms with Gasteiger partial charge in [0, 0.05) is 13.1 Å². The lowest BCUT2D eigenvalue weighted by Gasteiger charge is -2.34. The minimum atomic E-state index is -0.257. The lowest BCUT2D eigenvalue weighted by molar-refractivity contribution is -0.133. The summed E-state index contributed by atoms with van der Waals surface area (Å²) in [7, 11) is 0. The van der Waals surface area contributed by atoms with Gasteiger partial charge in [-0.3, -0.25) is 4.79 Å². The normalized spacial score (nSPS) is 24.1. The van der Waals surface area contributed by atoms with Gasteiger partial charge in [0.15, 0.2) is 0 Å². The third-order valence-electron chi connectivity index (χ3n) is 3.82. The van der Waals surface area contributed by atoms with Gasteiger partial charge in [-0.15, -0.1) is 0 Å². The average molecular weight is 247 g/mol. The fraction of sp³-hybridized carbons (Fsp3) is 0.533. The van der Waals surface area contributed by atoms with Gasteiger partial charge >= 0.3 is 0 Å². The molecule has 98 valence electrons. The minimum Gasteiger partial charge on any atom is -0.393 e. The Morgan fingerprint density at radius 2 is 2.17 bits per heavy atom. The molecule has 0 aliphatic carbocycles. The first kappa shape index (κ1) is 13.1. The molecule has 18 heavy (non-hydrogen) atoms. The molecule has 1 aliphatic heterocycles. The SMILES string of the molecule is Cc1ccccc1CC(=O)N1CCC(O)C(C)C1. The summed E-state index contributed by atoms with van der Waals surface area (Å²) < 4.78 is 0. The molecule has 1 aromatic rings. The standard InChI is InChI=1S/C15H21NO2/c1-11-5-3-4-6-13(11)9-15(18)16-8-7-14(17)12(2)10-16/h3-6,12,14,17H,7-10H2,1-2H3. The Morgan fingerprint density at radius 1 is 1.44 bits per heavy atom. The van der Waals surface area contributed by atoms with Crippen molar-refractivity contribution in [2.45, 2.75) is 32.8 Å². The van der Waals surface area contributed by atoms with Crippen molar-refractivity contribution in [2.75, 3.05) is 13.1 Å². The molecule has 0 spiro atoms. The molecule has 3 heteroatoms. The summed E-state index contributed by atoms with van der Waals surface area (Å²) in [5.74, 6) is 0.350. The second-order valence-electron chi connectivity index (χ2n) is 5.28. The number of piperidine rings is 1. The number of aliphatic hydroxyl groups excluding tert-OH is 1. The third-order valence-corrected chi connectivity index (χ3v) is 3.82. The van der Waals surface area contributed by atoms with Crippen LogP contribution in [0.15, 0.2) is 24.3 Å². The summed E-state index contributed by atoms with van der Waals surface area (Å²) in [6, 6.07) is 8.00. The number of aryl methyl sites for hydroxylation is 1. The van der Waals surface area contributed by atoms with E-state index in [1.807, 2.05) is 43.0 Å². The first-order valence-corrected chi connectivity index (χ1v) is 6.58. The van der Waals surface area contributed by atoms with Gasteiger partial charge in [-0.05, 0) is 30.4 Å². The third kappa shape index (κ3) is 2.91. The maximum absolute atomic E-state index is 12.2. The van der Waals surface area contributed by atoms with Crippen LogP contribution in [0.1, 0.15) is 24.5 Å². The van der Waals surface area contributed by atoms with Crippen LogP contribution in [0.2, 0.25) is 0 Å². The van der Waals surface area contributed by atoms with Crippen LogP contribution in [0.4, 0.5) is 0 Å². The summed E-state index contributed by atoms with van der Waals surface area (Å²) in [5.41, 5.74) is 2.26. The molecule has 2 atom stereocenters. The Morgan fingerprint density at radius 3 is 2.83 bits per heavy atom. The number of aliphatic hydroxyl groups is 1.